The Labute approximate surface area is 236 Å². The summed E-state index contributed by atoms with van der Waals surface area (Å²) in [5, 5.41) is 2.39. The molecule has 6 nitrogen and oxygen atoms in total. The quantitative estimate of drug-likeness (QED) is 0.400. The number of hydrogen-bond donors (Lipinski definition) is 1. The molecule has 1 saturated carbocycles. The van der Waals surface area contributed by atoms with Gasteiger partial charge in [0.1, 0.15) is 6.04 Å². The predicted octanol–water partition coefficient (Wildman–Crippen LogP) is 5.25. The lowest BCUT2D eigenvalue weighted by molar-refractivity contribution is -0.136. The van der Waals surface area contributed by atoms with Crippen molar-refractivity contribution in [3.63, 3.8) is 0 Å². The minimum Gasteiger partial charge on any atom is -0.322 e. The summed E-state index contributed by atoms with van der Waals surface area (Å²) in [7, 11) is 0. The van der Waals surface area contributed by atoms with Crippen molar-refractivity contribution in [2.45, 2.75) is 76.7 Å². The van der Waals surface area contributed by atoms with Gasteiger partial charge < -0.3 is 4.90 Å². The molecule has 6 heteroatoms. The summed E-state index contributed by atoms with van der Waals surface area (Å²) in [6.45, 7) is 2.28. The summed E-state index contributed by atoms with van der Waals surface area (Å²) >= 11 is 0. The zero-order valence-corrected chi connectivity index (χ0v) is 22.9. The zero-order chi connectivity index (χ0) is 27.5. The van der Waals surface area contributed by atoms with Crippen LogP contribution in [-0.4, -0.2) is 39.6 Å². The van der Waals surface area contributed by atoms with Crippen LogP contribution in [0.4, 0.5) is 0 Å². The van der Waals surface area contributed by atoms with Crippen LogP contribution in [0.1, 0.15) is 71.1 Å². The molecule has 1 unspecified atom stereocenters. The number of carbonyl (C=O) groups excluding carboxylic acids is 3. The van der Waals surface area contributed by atoms with E-state index in [4.69, 9.17) is 0 Å². The molecule has 0 spiro atoms. The van der Waals surface area contributed by atoms with Crippen molar-refractivity contribution < 1.29 is 14.4 Å². The highest BCUT2D eigenvalue weighted by molar-refractivity contribution is 6.05. The Hall–Kier alpha value is -3.77. The number of piperidine rings is 1. The van der Waals surface area contributed by atoms with E-state index >= 15 is 0 Å². The van der Waals surface area contributed by atoms with Crippen molar-refractivity contribution in [1.29, 1.82) is 0 Å². The van der Waals surface area contributed by atoms with Gasteiger partial charge in [0.05, 0.1) is 0 Å². The first-order valence-electron chi connectivity index (χ1n) is 14.6. The second-order valence-corrected chi connectivity index (χ2v) is 11.6. The van der Waals surface area contributed by atoms with Gasteiger partial charge in [-0.2, -0.15) is 0 Å². The van der Waals surface area contributed by atoms with E-state index in [1.165, 1.54) is 42.4 Å². The molecule has 1 saturated heterocycles. The lowest BCUT2D eigenvalue weighted by atomic mass is 9.79. The number of rotatable bonds is 8. The van der Waals surface area contributed by atoms with Crippen LogP contribution < -0.4 is 5.32 Å². The Morgan fingerprint density at radius 1 is 0.775 bits per heavy atom. The number of nitrogens with zero attached hydrogens (tertiary/aromatic N) is 2. The van der Waals surface area contributed by atoms with Crippen LogP contribution in [-0.2, 0) is 35.6 Å². The normalized spacial score (nSPS) is 22.9. The molecule has 2 heterocycles. The summed E-state index contributed by atoms with van der Waals surface area (Å²) in [4.78, 5) is 41.5. The smallest absolute Gasteiger partial charge is 0.255 e. The average Bonchev–Trinajstić information content (AvgIpc) is 3.29. The lowest BCUT2D eigenvalue weighted by Crippen LogP contribution is -2.52. The van der Waals surface area contributed by atoms with E-state index in [0.717, 1.165) is 25.1 Å². The van der Waals surface area contributed by atoms with E-state index in [1.807, 2.05) is 6.07 Å². The summed E-state index contributed by atoms with van der Waals surface area (Å²) in [5.41, 5.74) is 5.61. The van der Waals surface area contributed by atoms with Crippen LogP contribution in [0.25, 0.3) is 0 Å². The Morgan fingerprint density at radius 2 is 1.45 bits per heavy atom. The van der Waals surface area contributed by atoms with E-state index < -0.39 is 6.04 Å². The van der Waals surface area contributed by atoms with Gasteiger partial charge in [0.15, 0.2) is 0 Å². The summed E-state index contributed by atoms with van der Waals surface area (Å²) in [6.07, 6.45) is 6.52. The molecule has 3 amide bonds. The molecule has 0 radical (unpaired) electrons. The van der Waals surface area contributed by atoms with Gasteiger partial charge in [0, 0.05) is 37.7 Å². The number of benzene rings is 3. The van der Waals surface area contributed by atoms with Gasteiger partial charge in [0.2, 0.25) is 11.8 Å². The van der Waals surface area contributed by atoms with Gasteiger partial charge in [0.25, 0.3) is 5.91 Å². The third-order valence-corrected chi connectivity index (χ3v) is 8.88. The Morgan fingerprint density at radius 3 is 2.12 bits per heavy atom. The van der Waals surface area contributed by atoms with Gasteiger partial charge in [-0.05, 0) is 59.9 Å². The lowest BCUT2D eigenvalue weighted by Gasteiger charge is -2.40. The SMILES string of the molecule is O=C1CCC(N2Cc3cc(C[C@H]4CCCC[C@@H]4N(Cc4ccccc4)Cc4ccccc4)ccc3C2=O)C(=O)N1. The fraction of sp³-hybridized carbons (Fsp3) is 0.382. The minimum atomic E-state index is -0.576. The minimum absolute atomic E-state index is 0.108. The van der Waals surface area contributed by atoms with Gasteiger partial charge >= 0.3 is 0 Å². The first kappa shape index (κ1) is 26.5. The molecule has 1 N–H and O–H groups in total. The largest absolute Gasteiger partial charge is 0.322 e. The number of carbonyl (C=O) groups is 3. The summed E-state index contributed by atoms with van der Waals surface area (Å²) < 4.78 is 0. The molecule has 3 atom stereocenters. The topological polar surface area (TPSA) is 69.7 Å². The fourth-order valence-electron chi connectivity index (χ4n) is 6.89. The van der Waals surface area contributed by atoms with Crippen molar-refractivity contribution in [3.8, 4) is 0 Å². The maximum Gasteiger partial charge on any atom is 0.255 e. The molecule has 3 aliphatic rings. The van der Waals surface area contributed by atoms with E-state index in [9.17, 15) is 14.4 Å². The highest BCUT2D eigenvalue weighted by Crippen LogP contribution is 2.35. The number of fused-ring (bicyclic) bond motifs is 1. The second kappa shape index (κ2) is 11.8. The molecule has 2 fully saturated rings. The monoisotopic (exact) mass is 535 g/mol. The van der Waals surface area contributed by atoms with Gasteiger partial charge in [-0.3, -0.25) is 24.6 Å². The highest BCUT2D eigenvalue weighted by Gasteiger charge is 2.39. The fourth-order valence-corrected chi connectivity index (χ4v) is 6.89. The third-order valence-electron chi connectivity index (χ3n) is 8.88. The van der Waals surface area contributed by atoms with Crippen LogP contribution in [0, 0.1) is 5.92 Å². The summed E-state index contributed by atoms with van der Waals surface area (Å²) in [6, 6.07) is 27.7. The highest BCUT2D eigenvalue weighted by atomic mass is 16.2. The van der Waals surface area contributed by atoms with Crippen LogP contribution in [0.3, 0.4) is 0 Å². The zero-order valence-electron chi connectivity index (χ0n) is 22.9. The standard InChI is InChI=1S/C34H37N3O3/c38-32-18-17-31(33(39)35-32)37-23-28-20-26(15-16-29(28)34(37)40)19-27-13-7-8-14-30(27)36(21-24-9-3-1-4-10-24)22-25-11-5-2-6-12-25/h1-6,9-12,15-16,20,27,30-31H,7-8,13-14,17-19,21-23H2,(H,35,38,39)/t27-,30+,31?/m1/s1. The molecule has 3 aromatic carbocycles. The first-order valence-corrected chi connectivity index (χ1v) is 14.6. The molecule has 0 bridgehead atoms. The van der Waals surface area contributed by atoms with Crippen molar-refractivity contribution >= 4 is 17.7 Å². The molecule has 40 heavy (non-hydrogen) atoms. The molecular formula is C34H37N3O3. The molecule has 3 aromatic rings. The van der Waals surface area contributed by atoms with E-state index in [1.54, 1.807) is 4.90 Å². The van der Waals surface area contributed by atoms with Crippen LogP contribution >= 0.6 is 0 Å². The van der Waals surface area contributed by atoms with Crippen molar-refractivity contribution in [1.82, 2.24) is 15.1 Å². The Kier molecular flexibility index (Phi) is 7.78. The van der Waals surface area contributed by atoms with Crippen molar-refractivity contribution in [3.05, 3.63) is 107 Å². The molecule has 6 rings (SSSR count). The van der Waals surface area contributed by atoms with E-state index in [0.29, 0.717) is 30.5 Å². The number of hydrogen-bond acceptors (Lipinski definition) is 4. The maximum absolute atomic E-state index is 13.2. The Bertz CT molecular complexity index is 1330. The van der Waals surface area contributed by atoms with Crippen molar-refractivity contribution in [2.75, 3.05) is 0 Å². The third kappa shape index (κ3) is 5.73. The number of amides is 3. The first-order chi connectivity index (χ1) is 19.5. The van der Waals surface area contributed by atoms with Gasteiger partial charge in [-0.1, -0.05) is 85.6 Å². The molecule has 2 aliphatic heterocycles. The van der Waals surface area contributed by atoms with Gasteiger partial charge in [-0.25, -0.2) is 0 Å². The molecule has 0 aromatic heterocycles. The Balaban J connectivity index is 1.20. The second-order valence-electron chi connectivity index (χ2n) is 11.6. The average molecular weight is 536 g/mol. The number of nitrogens with one attached hydrogen (secondary N) is 1. The van der Waals surface area contributed by atoms with Gasteiger partial charge in [-0.15, -0.1) is 0 Å². The molecule has 206 valence electrons. The van der Waals surface area contributed by atoms with Crippen LogP contribution in [0.15, 0.2) is 78.9 Å². The number of imide groups is 1. The maximum atomic E-state index is 13.2. The molecular weight excluding hydrogens is 498 g/mol. The van der Waals surface area contributed by atoms with Crippen LogP contribution in [0.5, 0.6) is 0 Å². The van der Waals surface area contributed by atoms with E-state index in [-0.39, 0.29) is 24.1 Å². The van der Waals surface area contributed by atoms with Crippen LogP contribution in [0.2, 0.25) is 0 Å². The molecule has 1 aliphatic carbocycles. The van der Waals surface area contributed by atoms with E-state index in [2.05, 4.69) is 83.0 Å². The predicted molar refractivity (Wildman–Crippen MR) is 154 cm³/mol. The summed E-state index contributed by atoms with van der Waals surface area (Å²) in [5.74, 6) is -0.200. The van der Waals surface area contributed by atoms with Crippen molar-refractivity contribution in [2.24, 2.45) is 5.92 Å².